The summed E-state index contributed by atoms with van der Waals surface area (Å²) in [4.78, 5) is 13.9. The number of amides is 1. The molecule has 1 saturated heterocycles. The smallest absolute Gasteiger partial charge is 0.254 e. The van der Waals surface area contributed by atoms with E-state index in [9.17, 15) is 13.6 Å². The number of likely N-dealkylation sites (tertiary alicyclic amines) is 1. The first-order valence-corrected chi connectivity index (χ1v) is 5.89. The van der Waals surface area contributed by atoms with Crippen LogP contribution in [-0.2, 0) is 0 Å². The largest absolute Gasteiger partial charge is 0.336 e. The summed E-state index contributed by atoms with van der Waals surface area (Å²) < 4.78 is 25.8. The molecule has 1 amide bonds. The van der Waals surface area contributed by atoms with Crippen molar-refractivity contribution in [2.24, 2.45) is 0 Å². The van der Waals surface area contributed by atoms with Gasteiger partial charge in [-0.3, -0.25) is 4.79 Å². The van der Waals surface area contributed by atoms with Crippen molar-refractivity contribution in [3.63, 3.8) is 0 Å². The number of hydrogen-bond acceptors (Lipinski definition) is 1. The first kappa shape index (κ1) is 12.0. The normalized spacial score (nSPS) is 19.7. The first-order chi connectivity index (χ1) is 8.13. The third kappa shape index (κ3) is 2.30. The van der Waals surface area contributed by atoms with Crippen LogP contribution in [0.5, 0.6) is 0 Å². The highest BCUT2D eigenvalue weighted by Gasteiger charge is 2.28. The second kappa shape index (κ2) is 4.82. The van der Waals surface area contributed by atoms with Crippen LogP contribution in [0.2, 0.25) is 0 Å². The van der Waals surface area contributed by atoms with Gasteiger partial charge in [-0.05, 0) is 37.5 Å². The Balaban J connectivity index is 2.21. The number of carbonyl (C=O) groups excluding carboxylic acids is 1. The van der Waals surface area contributed by atoms with Crippen LogP contribution >= 0.6 is 0 Å². The van der Waals surface area contributed by atoms with Gasteiger partial charge in [0.2, 0.25) is 0 Å². The predicted molar refractivity (Wildman–Crippen MR) is 60.7 cm³/mol. The fourth-order valence-electron chi connectivity index (χ4n) is 2.32. The van der Waals surface area contributed by atoms with Gasteiger partial charge < -0.3 is 4.90 Å². The molecule has 2 rings (SSSR count). The summed E-state index contributed by atoms with van der Waals surface area (Å²) in [6, 6.07) is 3.55. The number of halogens is 2. The molecular weight excluding hydrogens is 224 g/mol. The van der Waals surface area contributed by atoms with Crippen molar-refractivity contribution >= 4 is 5.91 Å². The van der Waals surface area contributed by atoms with Gasteiger partial charge in [0.25, 0.3) is 5.91 Å². The van der Waals surface area contributed by atoms with Crippen LogP contribution in [-0.4, -0.2) is 23.4 Å². The maximum Gasteiger partial charge on any atom is 0.254 e. The van der Waals surface area contributed by atoms with Crippen molar-refractivity contribution in [2.75, 3.05) is 6.54 Å². The molecule has 0 aromatic heterocycles. The SMILES string of the molecule is CCC1CCCN1C(=O)c1ccc(F)c(F)c1. The molecule has 1 unspecified atom stereocenters. The average Bonchev–Trinajstić information content (AvgIpc) is 2.80. The lowest BCUT2D eigenvalue weighted by Gasteiger charge is -2.23. The third-order valence-corrected chi connectivity index (χ3v) is 3.28. The lowest BCUT2D eigenvalue weighted by atomic mass is 10.1. The Morgan fingerprint density at radius 3 is 2.82 bits per heavy atom. The van der Waals surface area contributed by atoms with Gasteiger partial charge in [-0.25, -0.2) is 8.78 Å². The Morgan fingerprint density at radius 1 is 1.41 bits per heavy atom. The van der Waals surface area contributed by atoms with E-state index in [0.717, 1.165) is 31.4 Å². The molecule has 17 heavy (non-hydrogen) atoms. The van der Waals surface area contributed by atoms with Gasteiger partial charge in [0, 0.05) is 18.2 Å². The van der Waals surface area contributed by atoms with E-state index in [4.69, 9.17) is 0 Å². The Labute approximate surface area is 99.2 Å². The summed E-state index contributed by atoms with van der Waals surface area (Å²) in [6.07, 6.45) is 2.87. The van der Waals surface area contributed by atoms with Gasteiger partial charge in [0.1, 0.15) is 0 Å². The second-order valence-corrected chi connectivity index (χ2v) is 4.33. The van der Waals surface area contributed by atoms with Gasteiger partial charge in [-0.1, -0.05) is 6.92 Å². The first-order valence-electron chi connectivity index (χ1n) is 5.89. The van der Waals surface area contributed by atoms with E-state index < -0.39 is 11.6 Å². The van der Waals surface area contributed by atoms with Crippen LogP contribution in [0.25, 0.3) is 0 Å². The van der Waals surface area contributed by atoms with Crippen molar-refractivity contribution in [3.05, 3.63) is 35.4 Å². The van der Waals surface area contributed by atoms with Crippen molar-refractivity contribution in [2.45, 2.75) is 32.2 Å². The van der Waals surface area contributed by atoms with Crippen LogP contribution in [0.3, 0.4) is 0 Å². The van der Waals surface area contributed by atoms with Gasteiger partial charge in [0.15, 0.2) is 11.6 Å². The standard InChI is InChI=1S/C13H15F2NO/c1-2-10-4-3-7-16(10)13(17)9-5-6-11(14)12(15)8-9/h5-6,8,10H,2-4,7H2,1H3. The number of benzene rings is 1. The zero-order valence-corrected chi connectivity index (χ0v) is 9.75. The Morgan fingerprint density at radius 2 is 2.18 bits per heavy atom. The van der Waals surface area contributed by atoms with Crippen molar-refractivity contribution in [1.82, 2.24) is 4.90 Å². The maximum absolute atomic E-state index is 13.1. The van der Waals surface area contributed by atoms with E-state index in [-0.39, 0.29) is 17.5 Å². The molecule has 2 nitrogen and oxygen atoms in total. The monoisotopic (exact) mass is 239 g/mol. The number of rotatable bonds is 2. The summed E-state index contributed by atoms with van der Waals surface area (Å²) in [7, 11) is 0. The van der Waals surface area contributed by atoms with E-state index in [1.807, 2.05) is 6.92 Å². The molecule has 0 aliphatic carbocycles. The highest BCUT2D eigenvalue weighted by Crippen LogP contribution is 2.22. The topological polar surface area (TPSA) is 20.3 Å². The predicted octanol–water partition coefficient (Wildman–Crippen LogP) is 2.98. The Bertz CT molecular complexity index is 433. The fraction of sp³-hybridized carbons (Fsp3) is 0.462. The molecule has 1 aliphatic heterocycles. The second-order valence-electron chi connectivity index (χ2n) is 4.33. The quantitative estimate of drug-likeness (QED) is 0.777. The van der Waals surface area contributed by atoms with Crippen LogP contribution < -0.4 is 0 Å². The van der Waals surface area contributed by atoms with Crippen molar-refractivity contribution in [3.8, 4) is 0 Å². The lowest BCUT2D eigenvalue weighted by molar-refractivity contribution is 0.0733. The molecule has 0 bridgehead atoms. The van der Waals surface area contributed by atoms with Crippen molar-refractivity contribution < 1.29 is 13.6 Å². The van der Waals surface area contributed by atoms with Crippen LogP contribution in [0.4, 0.5) is 8.78 Å². The van der Waals surface area contributed by atoms with Crippen LogP contribution in [0, 0.1) is 11.6 Å². The molecule has 4 heteroatoms. The molecule has 0 N–H and O–H groups in total. The summed E-state index contributed by atoms with van der Waals surface area (Å²) >= 11 is 0. The van der Waals surface area contributed by atoms with Crippen molar-refractivity contribution in [1.29, 1.82) is 0 Å². The third-order valence-electron chi connectivity index (χ3n) is 3.28. The number of hydrogen-bond donors (Lipinski definition) is 0. The van der Waals surface area contributed by atoms with Crippen LogP contribution in [0.15, 0.2) is 18.2 Å². The van der Waals surface area contributed by atoms with Gasteiger partial charge in [0.05, 0.1) is 0 Å². The zero-order valence-electron chi connectivity index (χ0n) is 9.75. The molecule has 1 aliphatic rings. The molecule has 0 spiro atoms. The number of nitrogens with zero attached hydrogens (tertiary/aromatic N) is 1. The Kier molecular flexibility index (Phi) is 3.41. The van der Waals surface area contributed by atoms with E-state index in [2.05, 4.69) is 0 Å². The molecule has 1 fully saturated rings. The number of carbonyl (C=O) groups is 1. The summed E-state index contributed by atoms with van der Waals surface area (Å²) in [5.74, 6) is -2.09. The van der Waals surface area contributed by atoms with E-state index in [1.54, 1.807) is 4.90 Å². The minimum absolute atomic E-state index is 0.201. The highest BCUT2D eigenvalue weighted by atomic mass is 19.2. The lowest BCUT2D eigenvalue weighted by Crippen LogP contribution is -2.35. The summed E-state index contributed by atoms with van der Waals surface area (Å²) in [5, 5.41) is 0. The van der Waals surface area contributed by atoms with E-state index in [1.165, 1.54) is 6.07 Å². The maximum atomic E-state index is 13.1. The molecular formula is C13H15F2NO. The highest BCUT2D eigenvalue weighted by molar-refractivity contribution is 5.94. The molecule has 1 aromatic rings. The van der Waals surface area contributed by atoms with E-state index >= 15 is 0 Å². The summed E-state index contributed by atoms with van der Waals surface area (Å²) in [6.45, 7) is 2.73. The van der Waals surface area contributed by atoms with Crippen LogP contribution in [0.1, 0.15) is 36.5 Å². The molecule has 1 atom stereocenters. The minimum atomic E-state index is -0.969. The van der Waals surface area contributed by atoms with Gasteiger partial charge >= 0.3 is 0 Å². The van der Waals surface area contributed by atoms with Gasteiger partial charge in [-0.15, -0.1) is 0 Å². The minimum Gasteiger partial charge on any atom is -0.336 e. The molecule has 0 saturated carbocycles. The van der Waals surface area contributed by atoms with Gasteiger partial charge in [-0.2, -0.15) is 0 Å². The molecule has 1 aromatic carbocycles. The fourth-order valence-corrected chi connectivity index (χ4v) is 2.32. The van der Waals surface area contributed by atoms with E-state index in [0.29, 0.717) is 6.54 Å². The Hall–Kier alpha value is -1.45. The summed E-state index contributed by atoms with van der Waals surface area (Å²) in [5.41, 5.74) is 0.226. The molecule has 92 valence electrons. The zero-order chi connectivity index (χ0) is 12.4. The average molecular weight is 239 g/mol. The molecule has 1 heterocycles. The molecule has 0 radical (unpaired) electrons.